The Morgan fingerprint density at radius 1 is 1.43 bits per heavy atom. The van der Waals surface area contributed by atoms with Gasteiger partial charge in [-0.1, -0.05) is 0 Å². The molecule has 1 saturated carbocycles. The molecule has 0 atom stereocenters. The topological polar surface area (TPSA) is 46.2 Å². The first-order valence-corrected chi connectivity index (χ1v) is 5.96. The summed E-state index contributed by atoms with van der Waals surface area (Å²) in [6, 6.07) is 4.26. The summed E-state index contributed by atoms with van der Waals surface area (Å²) in [5, 5.41) is 9.44. The van der Waals surface area contributed by atoms with E-state index in [4.69, 9.17) is 5.73 Å². The lowest BCUT2D eigenvalue weighted by Gasteiger charge is -2.34. The molecule has 3 heteroatoms. The molecule has 14 heavy (non-hydrogen) atoms. The molecule has 3 N–H and O–H groups in total. The number of rotatable bonds is 1. The number of hydrogen-bond acceptors (Lipinski definition) is 3. The third kappa shape index (κ3) is 1.85. The number of aryl methyl sites for hydroxylation is 1. The summed E-state index contributed by atoms with van der Waals surface area (Å²) in [5.41, 5.74) is 6.19. The molecule has 0 unspecified atom stereocenters. The van der Waals surface area contributed by atoms with Gasteiger partial charge in [0.15, 0.2) is 0 Å². The zero-order chi connectivity index (χ0) is 10.2. The minimum atomic E-state index is -0.168. The van der Waals surface area contributed by atoms with E-state index < -0.39 is 0 Å². The molecule has 0 radical (unpaired) electrons. The molecule has 1 fully saturated rings. The SMILES string of the molecule is Cc1ccc(C2(N)CCC(O)CC2)s1. The van der Waals surface area contributed by atoms with Crippen LogP contribution in [0.2, 0.25) is 0 Å². The number of aliphatic hydroxyl groups is 1. The van der Waals surface area contributed by atoms with Crippen LogP contribution >= 0.6 is 11.3 Å². The van der Waals surface area contributed by atoms with Crippen LogP contribution in [0.15, 0.2) is 12.1 Å². The van der Waals surface area contributed by atoms with Crippen LogP contribution in [0.25, 0.3) is 0 Å². The zero-order valence-electron chi connectivity index (χ0n) is 8.49. The lowest BCUT2D eigenvalue weighted by molar-refractivity contribution is 0.0979. The van der Waals surface area contributed by atoms with Gasteiger partial charge in [-0.2, -0.15) is 0 Å². The number of thiophene rings is 1. The van der Waals surface area contributed by atoms with Crippen molar-refractivity contribution < 1.29 is 5.11 Å². The molecule has 1 aliphatic carbocycles. The van der Waals surface area contributed by atoms with Crippen LogP contribution in [0, 0.1) is 6.92 Å². The zero-order valence-corrected chi connectivity index (χ0v) is 9.31. The number of nitrogens with two attached hydrogens (primary N) is 1. The van der Waals surface area contributed by atoms with Crippen LogP contribution in [0.1, 0.15) is 35.4 Å². The summed E-state index contributed by atoms with van der Waals surface area (Å²) in [6.07, 6.45) is 3.37. The van der Waals surface area contributed by atoms with E-state index in [-0.39, 0.29) is 11.6 Å². The van der Waals surface area contributed by atoms with E-state index in [0.717, 1.165) is 25.7 Å². The first-order valence-electron chi connectivity index (χ1n) is 5.14. The van der Waals surface area contributed by atoms with Crippen molar-refractivity contribution in [3.63, 3.8) is 0 Å². The highest BCUT2D eigenvalue weighted by Crippen LogP contribution is 2.38. The van der Waals surface area contributed by atoms with Crippen LogP contribution < -0.4 is 5.73 Å². The van der Waals surface area contributed by atoms with Gasteiger partial charge in [0.25, 0.3) is 0 Å². The lowest BCUT2D eigenvalue weighted by Crippen LogP contribution is -2.40. The molecule has 78 valence electrons. The number of hydrogen-bond donors (Lipinski definition) is 2. The van der Waals surface area contributed by atoms with Gasteiger partial charge in [0.1, 0.15) is 0 Å². The van der Waals surface area contributed by atoms with Crippen LogP contribution in [-0.2, 0) is 5.54 Å². The molecule has 0 aromatic carbocycles. The van der Waals surface area contributed by atoms with E-state index in [0.29, 0.717) is 0 Å². The Bertz CT molecular complexity index is 313. The second-order valence-corrected chi connectivity index (χ2v) is 5.59. The summed E-state index contributed by atoms with van der Waals surface area (Å²) >= 11 is 1.79. The Hall–Kier alpha value is -0.380. The van der Waals surface area contributed by atoms with Crippen LogP contribution in [0.5, 0.6) is 0 Å². The molecule has 0 spiro atoms. The van der Waals surface area contributed by atoms with Crippen molar-refractivity contribution >= 4 is 11.3 Å². The molecule has 0 amide bonds. The predicted molar refractivity (Wildman–Crippen MR) is 59.4 cm³/mol. The quantitative estimate of drug-likeness (QED) is 0.747. The predicted octanol–water partition coefficient (Wildman–Crippen LogP) is 2.15. The Balaban J connectivity index is 2.16. The van der Waals surface area contributed by atoms with Crippen LogP contribution in [0.4, 0.5) is 0 Å². The summed E-state index contributed by atoms with van der Waals surface area (Å²) < 4.78 is 0. The van der Waals surface area contributed by atoms with Crippen molar-refractivity contribution in [2.24, 2.45) is 5.73 Å². The highest BCUT2D eigenvalue weighted by atomic mass is 32.1. The van der Waals surface area contributed by atoms with Crippen LogP contribution in [0.3, 0.4) is 0 Å². The molecule has 1 aliphatic rings. The minimum Gasteiger partial charge on any atom is -0.393 e. The molecular formula is C11H17NOS. The van der Waals surface area contributed by atoms with E-state index in [2.05, 4.69) is 19.1 Å². The van der Waals surface area contributed by atoms with E-state index in [1.54, 1.807) is 11.3 Å². The third-order valence-electron chi connectivity index (χ3n) is 3.08. The van der Waals surface area contributed by atoms with Crippen molar-refractivity contribution in [2.75, 3.05) is 0 Å². The van der Waals surface area contributed by atoms with Crippen molar-refractivity contribution in [2.45, 2.75) is 44.2 Å². The lowest BCUT2D eigenvalue weighted by atomic mass is 9.80. The van der Waals surface area contributed by atoms with E-state index in [9.17, 15) is 5.11 Å². The van der Waals surface area contributed by atoms with Gasteiger partial charge in [-0.3, -0.25) is 0 Å². The molecule has 2 rings (SSSR count). The highest BCUT2D eigenvalue weighted by molar-refractivity contribution is 7.12. The monoisotopic (exact) mass is 211 g/mol. The van der Waals surface area contributed by atoms with Gasteiger partial charge in [0.05, 0.1) is 11.6 Å². The smallest absolute Gasteiger partial charge is 0.0541 e. The highest BCUT2D eigenvalue weighted by Gasteiger charge is 2.33. The Kier molecular flexibility index (Phi) is 2.64. The van der Waals surface area contributed by atoms with Gasteiger partial charge in [-0.25, -0.2) is 0 Å². The van der Waals surface area contributed by atoms with Crippen molar-refractivity contribution in [1.82, 2.24) is 0 Å². The Morgan fingerprint density at radius 2 is 2.07 bits per heavy atom. The molecule has 1 aromatic heterocycles. The second kappa shape index (κ2) is 3.65. The van der Waals surface area contributed by atoms with Gasteiger partial charge >= 0.3 is 0 Å². The summed E-state index contributed by atoms with van der Waals surface area (Å²) in [4.78, 5) is 2.60. The fraction of sp³-hybridized carbons (Fsp3) is 0.636. The Labute approximate surface area is 88.8 Å². The molecule has 0 bridgehead atoms. The van der Waals surface area contributed by atoms with Crippen molar-refractivity contribution in [1.29, 1.82) is 0 Å². The average molecular weight is 211 g/mol. The van der Waals surface area contributed by atoms with Gasteiger partial charge < -0.3 is 10.8 Å². The summed E-state index contributed by atoms with van der Waals surface area (Å²) in [7, 11) is 0. The van der Waals surface area contributed by atoms with Crippen molar-refractivity contribution in [3.05, 3.63) is 21.9 Å². The van der Waals surface area contributed by atoms with Gasteiger partial charge in [-0.15, -0.1) is 11.3 Å². The summed E-state index contributed by atoms with van der Waals surface area (Å²) in [6.45, 7) is 2.11. The maximum Gasteiger partial charge on any atom is 0.0541 e. The van der Waals surface area contributed by atoms with E-state index in [1.807, 2.05) is 0 Å². The first kappa shape index (κ1) is 10.1. The fourth-order valence-electron chi connectivity index (χ4n) is 2.07. The third-order valence-corrected chi connectivity index (χ3v) is 4.30. The van der Waals surface area contributed by atoms with E-state index in [1.165, 1.54) is 9.75 Å². The molecule has 1 heterocycles. The Morgan fingerprint density at radius 3 is 2.57 bits per heavy atom. The van der Waals surface area contributed by atoms with Gasteiger partial charge in [-0.05, 0) is 44.7 Å². The molecule has 2 nitrogen and oxygen atoms in total. The molecule has 0 aliphatic heterocycles. The largest absolute Gasteiger partial charge is 0.393 e. The average Bonchev–Trinajstić information content (AvgIpc) is 2.58. The normalized spacial score (nSPS) is 33.2. The maximum atomic E-state index is 9.44. The molecule has 1 aromatic rings. The van der Waals surface area contributed by atoms with E-state index >= 15 is 0 Å². The van der Waals surface area contributed by atoms with Gasteiger partial charge in [0.2, 0.25) is 0 Å². The van der Waals surface area contributed by atoms with Crippen LogP contribution in [-0.4, -0.2) is 11.2 Å². The fourth-order valence-corrected chi connectivity index (χ4v) is 3.09. The second-order valence-electron chi connectivity index (χ2n) is 4.30. The first-order chi connectivity index (χ1) is 6.60. The summed E-state index contributed by atoms with van der Waals surface area (Å²) in [5.74, 6) is 0. The minimum absolute atomic E-state index is 0.132. The number of aliphatic hydroxyl groups excluding tert-OH is 1. The molecular weight excluding hydrogens is 194 g/mol. The van der Waals surface area contributed by atoms with Crippen molar-refractivity contribution in [3.8, 4) is 0 Å². The van der Waals surface area contributed by atoms with Gasteiger partial charge in [0, 0.05) is 9.75 Å². The standard InChI is InChI=1S/C11H17NOS/c1-8-2-3-10(14-8)11(12)6-4-9(13)5-7-11/h2-3,9,13H,4-7,12H2,1H3. The maximum absolute atomic E-state index is 9.44. The molecule has 0 saturated heterocycles.